The van der Waals surface area contributed by atoms with Crippen LogP contribution in [-0.4, -0.2) is 79.7 Å². The summed E-state index contributed by atoms with van der Waals surface area (Å²) in [5.41, 5.74) is 3.55. The molecule has 13 rings (SSSR count). The van der Waals surface area contributed by atoms with Crippen molar-refractivity contribution in [3.63, 3.8) is 0 Å². The minimum atomic E-state index is -0.584. The molecule has 3 aliphatic rings. The molecule has 284 valence electrons. The molecule has 60 heavy (non-hydrogen) atoms. The summed E-state index contributed by atoms with van der Waals surface area (Å²) in [5, 5.41) is 8.59. The van der Waals surface area contributed by atoms with Gasteiger partial charge in [0.05, 0.1) is 11.0 Å². The van der Waals surface area contributed by atoms with E-state index in [1.807, 2.05) is 60.7 Å². The Kier molecular flexibility index (Phi) is 5.97. The zero-order chi connectivity index (χ0) is 40.6. The first kappa shape index (κ1) is 32.9. The highest BCUT2D eigenvalue weighted by Gasteiger charge is 2.40. The first-order chi connectivity index (χ1) is 29.1. The molecule has 0 spiro atoms. The Bertz CT molecular complexity index is 3750. The fourth-order valence-corrected chi connectivity index (χ4v) is 10.4. The van der Waals surface area contributed by atoms with E-state index in [2.05, 4.69) is 0 Å². The van der Waals surface area contributed by atoms with Crippen molar-refractivity contribution < 1.29 is 28.8 Å². The fourth-order valence-electron chi connectivity index (χ4n) is 10.4. The van der Waals surface area contributed by atoms with Crippen molar-refractivity contribution in [1.82, 2.24) is 24.1 Å². The Labute approximate surface area is 336 Å². The number of hydrogen-bond donors (Lipinski definition) is 0. The summed E-state index contributed by atoms with van der Waals surface area (Å²) in [7, 11) is 1.39. The van der Waals surface area contributed by atoms with Gasteiger partial charge in [-0.3, -0.25) is 52.7 Å². The molecule has 0 saturated carbocycles. The van der Waals surface area contributed by atoms with Crippen LogP contribution in [0.1, 0.15) is 68.6 Å². The molecule has 0 bridgehead atoms. The van der Waals surface area contributed by atoms with Gasteiger partial charge >= 0.3 is 0 Å². The maximum absolute atomic E-state index is 14.3. The second kappa shape index (κ2) is 10.9. The third kappa shape index (κ3) is 3.72. The standard InChI is InChI=1S/C48H25N5O7/c1-50-42(54)26-15-17-30-40-31(18-16-27(38(26)40)43(50)55)47(59)52(46(30)58)20-4-19-51-44(56)28-12-8-23-21-7-11-25-37-32(48(60)53-34-6-3-2-5-33(34)49-41(25)53)14-10-22(35(21)37)24-9-13-29(45(51)57)39(28)36(23)24/h2-3,5-18H,4,19-20H2,1H3. The minimum absolute atomic E-state index is 0.0544. The Morgan fingerprint density at radius 3 is 1.33 bits per heavy atom. The summed E-state index contributed by atoms with van der Waals surface area (Å²) < 4.78 is 1.68. The molecule has 0 fully saturated rings. The first-order valence-electron chi connectivity index (χ1n) is 19.5. The number of fused-ring (bicyclic) bond motifs is 6. The largest absolute Gasteiger partial charge is 0.277 e. The molecule has 2 aromatic heterocycles. The lowest BCUT2D eigenvalue weighted by atomic mass is 9.84. The van der Waals surface area contributed by atoms with Crippen molar-refractivity contribution in [2.75, 3.05) is 20.1 Å². The SMILES string of the molecule is CN1C(=O)c2ccc3c4c(ccc(c24)C1=O)C(=O)N(CCCN1C(=O)c2ccc4c5ccc6c(=O)n7c8ccccc8nc7c7ccc(c8ccc(c2c48)C1=O)c5c67)C3=O. The van der Waals surface area contributed by atoms with Crippen molar-refractivity contribution >= 4 is 117 Å². The third-order valence-electron chi connectivity index (χ3n) is 13.0. The number of imidazole rings is 1. The summed E-state index contributed by atoms with van der Waals surface area (Å²) in [5.74, 6) is -3.14. The predicted molar refractivity (Wildman–Crippen MR) is 225 cm³/mol. The summed E-state index contributed by atoms with van der Waals surface area (Å²) in [6, 6.07) is 28.7. The lowest BCUT2D eigenvalue weighted by Gasteiger charge is -2.32. The number of rotatable bonds is 4. The van der Waals surface area contributed by atoms with Gasteiger partial charge in [0.15, 0.2) is 0 Å². The van der Waals surface area contributed by atoms with Gasteiger partial charge < -0.3 is 0 Å². The maximum Gasteiger partial charge on any atom is 0.264 e. The Hall–Kier alpha value is -8.12. The number of amides is 6. The second-order valence-electron chi connectivity index (χ2n) is 15.8. The highest BCUT2D eigenvalue weighted by Crippen LogP contribution is 2.46. The van der Waals surface area contributed by atoms with E-state index in [4.69, 9.17) is 4.98 Å². The van der Waals surface area contributed by atoms with Gasteiger partial charge in [-0.2, -0.15) is 0 Å². The van der Waals surface area contributed by atoms with Crippen molar-refractivity contribution in [3.05, 3.63) is 141 Å². The predicted octanol–water partition coefficient (Wildman–Crippen LogP) is 7.15. The molecule has 8 aromatic carbocycles. The molecule has 0 N–H and O–H groups in total. The van der Waals surface area contributed by atoms with Crippen LogP contribution in [0.2, 0.25) is 0 Å². The van der Waals surface area contributed by atoms with Gasteiger partial charge in [-0.25, -0.2) is 4.98 Å². The zero-order valence-corrected chi connectivity index (χ0v) is 31.5. The van der Waals surface area contributed by atoms with Gasteiger partial charge in [0.2, 0.25) is 0 Å². The molecule has 12 nitrogen and oxygen atoms in total. The molecular formula is C48H25N5O7. The van der Waals surface area contributed by atoms with Crippen molar-refractivity contribution in [2.24, 2.45) is 0 Å². The highest BCUT2D eigenvalue weighted by molar-refractivity contribution is 6.41. The lowest BCUT2D eigenvalue weighted by molar-refractivity contribution is 0.0573. The van der Waals surface area contributed by atoms with Gasteiger partial charge in [0.1, 0.15) is 5.65 Å². The highest BCUT2D eigenvalue weighted by atomic mass is 16.2. The lowest BCUT2D eigenvalue weighted by Crippen LogP contribution is -2.45. The van der Waals surface area contributed by atoms with Gasteiger partial charge in [-0.05, 0) is 99.4 Å². The van der Waals surface area contributed by atoms with E-state index < -0.39 is 35.4 Å². The summed E-state index contributed by atoms with van der Waals surface area (Å²) >= 11 is 0. The van der Waals surface area contributed by atoms with Crippen molar-refractivity contribution in [2.45, 2.75) is 6.42 Å². The number of carbonyl (C=O) groups excluding carboxylic acids is 6. The molecule has 6 amide bonds. The van der Waals surface area contributed by atoms with Crippen LogP contribution >= 0.6 is 0 Å². The number of aromatic nitrogens is 2. The Morgan fingerprint density at radius 2 is 0.800 bits per heavy atom. The van der Waals surface area contributed by atoms with E-state index in [9.17, 15) is 33.6 Å². The molecule has 3 aliphatic heterocycles. The summed E-state index contributed by atoms with van der Waals surface area (Å²) in [6.45, 7) is -0.134. The second-order valence-corrected chi connectivity index (χ2v) is 15.8. The van der Waals surface area contributed by atoms with E-state index in [0.717, 1.165) is 63.9 Å². The van der Waals surface area contributed by atoms with Crippen molar-refractivity contribution in [1.29, 1.82) is 0 Å². The number of pyridine rings is 1. The minimum Gasteiger partial charge on any atom is -0.277 e. The van der Waals surface area contributed by atoms with Gasteiger partial charge in [0.25, 0.3) is 41.0 Å². The quantitative estimate of drug-likeness (QED) is 0.104. The zero-order valence-electron chi connectivity index (χ0n) is 31.5. The van der Waals surface area contributed by atoms with E-state index in [-0.39, 0.29) is 52.7 Å². The maximum atomic E-state index is 14.3. The molecule has 10 aromatic rings. The first-order valence-corrected chi connectivity index (χ1v) is 19.5. The van der Waals surface area contributed by atoms with Crippen LogP contribution in [0.4, 0.5) is 0 Å². The average Bonchev–Trinajstić information content (AvgIpc) is 3.67. The fraction of sp³-hybridized carbons (Fsp3) is 0.0833. The summed E-state index contributed by atoms with van der Waals surface area (Å²) in [4.78, 5) is 104. The van der Waals surface area contributed by atoms with Gasteiger partial charge in [-0.15, -0.1) is 0 Å². The molecule has 5 heterocycles. The number of carbonyl (C=O) groups is 6. The number of para-hydroxylation sites is 2. The third-order valence-corrected chi connectivity index (χ3v) is 13.0. The molecule has 12 heteroatoms. The normalized spacial score (nSPS) is 15.4. The molecule has 0 unspecified atom stereocenters. The summed E-state index contributed by atoms with van der Waals surface area (Å²) in [6.07, 6.45) is 0.118. The number of nitrogens with zero attached hydrogens (tertiary/aromatic N) is 5. The average molecular weight is 784 g/mol. The van der Waals surface area contributed by atoms with Crippen LogP contribution in [0.25, 0.3) is 81.3 Å². The molecule has 0 atom stereocenters. The van der Waals surface area contributed by atoms with Gasteiger partial charge in [-0.1, -0.05) is 36.4 Å². The Morgan fingerprint density at radius 1 is 0.417 bits per heavy atom. The number of imide groups is 3. The van der Waals surface area contributed by atoms with Crippen LogP contribution in [0.15, 0.2) is 102 Å². The molecule has 0 saturated heterocycles. The molecule has 0 radical (unpaired) electrons. The number of benzene rings is 8. The van der Waals surface area contributed by atoms with Gasteiger partial charge in [0, 0.05) is 85.8 Å². The van der Waals surface area contributed by atoms with Crippen LogP contribution in [-0.2, 0) is 0 Å². The van der Waals surface area contributed by atoms with Crippen LogP contribution in [0.3, 0.4) is 0 Å². The van der Waals surface area contributed by atoms with E-state index in [1.54, 1.807) is 16.5 Å². The molecular weight excluding hydrogens is 759 g/mol. The van der Waals surface area contributed by atoms with Crippen LogP contribution in [0, 0.1) is 0 Å². The topological polar surface area (TPSA) is 147 Å². The molecule has 0 aliphatic carbocycles. The smallest absolute Gasteiger partial charge is 0.264 e. The van der Waals surface area contributed by atoms with Crippen LogP contribution < -0.4 is 5.56 Å². The number of hydrogen-bond acceptors (Lipinski definition) is 8. The van der Waals surface area contributed by atoms with E-state index in [0.29, 0.717) is 32.9 Å². The van der Waals surface area contributed by atoms with E-state index in [1.165, 1.54) is 36.2 Å². The monoisotopic (exact) mass is 783 g/mol. The van der Waals surface area contributed by atoms with Crippen LogP contribution in [0.5, 0.6) is 0 Å². The van der Waals surface area contributed by atoms with Crippen molar-refractivity contribution in [3.8, 4) is 0 Å². The van der Waals surface area contributed by atoms with E-state index >= 15 is 0 Å². The Balaban J connectivity index is 0.867.